The Morgan fingerprint density at radius 3 is 1.82 bits per heavy atom. The van der Waals surface area contributed by atoms with Crippen molar-refractivity contribution in [1.82, 2.24) is 9.80 Å². The lowest BCUT2D eigenvalue weighted by atomic mass is 9.64. The minimum atomic E-state index is -0.785. The zero-order chi connectivity index (χ0) is 23.4. The molecule has 3 aromatic rings. The molecule has 2 aliphatic rings. The third-order valence-corrected chi connectivity index (χ3v) is 8.04. The molecule has 34 heavy (non-hydrogen) atoms. The molecule has 0 aromatic heterocycles. The first-order chi connectivity index (χ1) is 16.7. The largest absolute Gasteiger partial charge is 0.369 e. The van der Waals surface area contributed by atoms with Gasteiger partial charge in [-0.15, -0.1) is 0 Å². The van der Waals surface area contributed by atoms with E-state index in [9.17, 15) is 4.79 Å². The number of piperazine rings is 1. The summed E-state index contributed by atoms with van der Waals surface area (Å²) in [6.45, 7) is 5.38. The van der Waals surface area contributed by atoms with E-state index in [0.29, 0.717) is 6.04 Å². The highest BCUT2D eigenvalue weighted by atomic mass is 16.1. The van der Waals surface area contributed by atoms with Crippen LogP contribution in [-0.2, 0) is 16.8 Å². The van der Waals surface area contributed by atoms with Gasteiger partial charge in [-0.2, -0.15) is 0 Å². The van der Waals surface area contributed by atoms with Gasteiger partial charge < -0.3 is 5.73 Å². The molecule has 2 atom stereocenters. The zero-order valence-electron chi connectivity index (χ0n) is 19.9. The lowest BCUT2D eigenvalue weighted by Gasteiger charge is -2.40. The molecule has 1 aliphatic heterocycles. The van der Waals surface area contributed by atoms with Crippen molar-refractivity contribution in [3.05, 3.63) is 108 Å². The zero-order valence-corrected chi connectivity index (χ0v) is 19.9. The molecule has 176 valence electrons. The standard InChI is InChI=1S/C30H35N3O/c31-29(34)30(25-12-6-2-7-13-25,26-14-8-3-9-15-26)27-16-17-28(22-27)33-20-18-32(19-21-33)23-24-10-4-1-5-11-24/h1-15,27-28H,16-23H2,(H2,31,34). The molecule has 4 heteroatoms. The molecule has 1 heterocycles. The molecule has 5 rings (SSSR count). The minimum Gasteiger partial charge on any atom is -0.369 e. The average molecular weight is 454 g/mol. The molecule has 4 nitrogen and oxygen atoms in total. The van der Waals surface area contributed by atoms with E-state index < -0.39 is 5.41 Å². The van der Waals surface area contributed by atoms with Crippen LogP contribution in [-0.4, -0.2) is 47.9 Å². The van der Waals surface area contributed by atoms with Crippen LogP contribution in [0.4, 0.5) is 0 Å². The normalized spacial score (nSPS) is 22.0. The molecule has 0 spiro atoms. The lowest BCUT2D eigenvalue weighted by Crippen LogP contribution is -2.50. The number of nitrogens with two attached hydrogens (primary N) is 1. The van der Waals surface area contributed by atoms with Gasteiger partial charge in [-0.1, -0.05) is 91.0 Å². The highest BCUT2D eigenvalue weighted by Gasteiger charge is 2.50. The van der Waals surface area contributed by atoms with Gasteiger partial charge in [0.2, 0.25) is 5.91 Å². The molecular formula is C30H35N3O. The van der Waals surface area contributed by atoms with Crippen molar-refractivity contribution in [3.8, 4) is 0 Å². The number of hydrogen-bond acceptors (Lipinski definition) is 3. The Labute approximate surface area is 203 Å². The third kappa shape index (κ3) is 4.40. The monoisotopic (exact) mass is 453 g/mol. The molecule has 1 saturated heterocycles. The molecule has 1 aliphatic carbocycles. The van der Waals surface area contributed by atoms with E-state index in [0.717, 1.165) is 63.1 Å². The molecule has 2 unspecified atom stereocenters. The van der Waals surface area contributed by atoms with Crippen molar-refractivity contribution in [1.29, 1.82) is 0 Å². The topological polar surface area (TPSA) is 49.6 Å². The van der Waals surface area contributed by atoms with E-state index in [2.05, 4.69) is 64.4 Å². The van der Waals surface area contributed by atoms with E-state index in [-0.39, 0.29) is 11.8 Å². The molecule has 1 amide bonds. The summed E-state index contributed by atoms with van der Waals surface area (Å²) in [7, 11) is 0. The fourth-order valence-electron chi connectivity index (χ4n) is 6.34. The maximum Gasteiger partial charge on any atom is 0.232 e. The summed E-state index contributed by atoms with van der Waals surface area (Å²) in [5.74, 6) is -0.0367. The number of nitrogens with zero attached hydrogens (tertiary/aromatic N) is 2. The average Bonchev–Trinajstić information content (AvgIpc) is 3.37. The first kappa shape index (κ1) is 22.8. The van der Waals surface area contributed by atoms with Crippen LogP contribution >= 0.6 is 0 Å². The van der Waals surface area contributed by atoms with Gasteiger partial charge in [-0.05, 0) is 41.9 Å². The van der Waals surface area contributed by atoms with E-state index in [1.807, 2.05) is 36.4 Å². The Balaban J connectivity index is 1.32. The minimum absolute atomic E-state index is 0.196. The van der Waals surface area contributed by atoms with Gasteiger partial charge in [0, 0.05) is 38.8 Å². The number of carbonyl (C=O) groups is 1. The van der Waals surface area contributed by atoms with Crippen molar-refractivity contribution >= 4 is 5.91 Å². The summed E-state index contributed by atoms with van der Waals surface area (Å²) >= 11 is 0. The number of carbonyl (C=O) groups excluding carboxylic acids is 1. The van der Waals surface area contributed by atoms with Crippen LogP contribution in [0.1, 0.15) is 36.0 Å². The second-order valence-corrected chi connectivity index (χ2v) is 9.87. The smallest absolute Gasteiger partial charge is 0.232 e. The number of benzene rings is 3. The molecular weight excluding hydrogens is 418 g/mol. The first-order valence-electron chi connectivity index (χ1n) is 12.6. The van der Waals surface area contributed by atoms with Gasteiger partial charge in [0.15, 0.2) is 0 Å². The molecule has 0 radical (unpaired) electrons. The third-order valence-electron chi connectivity index (χ3n) is 8.04. The van der Waals surface area contributed by atoms with E-state index in [1.165, 1.54) is 5.56 Å². The maximum absolute atomic E-state index is 13.3. The van der Waals surface area contributed by atoms with Crippen LogP contribution < -0.4 is 5.73 Å². The summed E-state index contributed by atoms with van der Waals surface area (Å²) in [6, 6.07) is 31.7. The van der Waals surface area contributed by atoms with Crippen LogP contribution in [0, 0.1) is 5.92 Å². The van der Waals surface area contributed by atoms with Crippen LogP contribution in [0.15, 0.2) is 91.0 Å². The predicted molar refractivity (Wildman–Crippen MR) is 137 cm³/mol. The molecule has 1 saturated carbocycles. The summed E-state index contributed by atoms with van der Waals surface area (Å²) in [6.07, 6.45) is 3.14. The Hall–Kier alpha value is -2.95. The van der Waals surface area contributed by atoms with E-state index >= 15 is 0 Å². The fraction of sp³-hybridized carbons (Fsp3) is 0.367. The first-order valence-corrected chi connectivity index (χ1v) is 12.6. The highest BCUT2D eigenvalue weighted by Crippen LogP contribution is 2.48. The van der Waals surface area contributed by atoms with Gasteiger partial charge in [-0.25, -0.2) is 0 Å². The maximum atomic E-state index is 13.3. The molecule has 2 fully saturated rings. The SMILES string of the molecule is NC(=O)C(c1ccccc1)(c1ccccc1)C1CCC(N2CCN(Cc3ccccc3)CC2)C1. The Morgan fingerprint density at radius 2 is 1.29 bits per heavy atom. The fourth-order valence-corrected chi connectivity index (χ4v) is 6.34. The van der Waals surface area contributed by atoms with Gasteiger partial charge in [0.1, 0.15) is 5.41 Å². The molecule has 2 N–H and O–H groups in total. The van der Waals surface area contributed by atoms with Crippen LogP contribution in [0.5, 0.6) is 0 Å². The predicted octanol–water partition coefficient (Wildman–Crippen LogP) is 4.44. The second-order valence-electron chi connectivity index (χ2n) is 9.87. The van der Waals surface area contributed by atoms with Crippen molar-refractivity contribution in [2.45, 2.75) is 37.3 Å². The van der Waals surface area contributed by atoms with Crippen molar-refractivity contribution in [3.63, 3.8) is 0 Å². The van der Waals surface area contributed by atoms with Gasteiger partial charge in [0.05, 0.1) is 0 Å². The number of rotatable bonds is 7. The number of primary amides is 1. The molecule has 3 aromatic carbocycles. The Bertz CT molecular complexity index is 1020. The Kier molecular flexibility index (Phi) is 6.80. The number of amides is 1. The Morgan fingerprint density at radius 1 is 0.765 bits per heavy atom. The van der Waals surface area contributed by atoms with Gasteiger partial charge in [0.25, 0.3) is 0 Å². The number of hydrogen-bond donors (Lipinski definition) is 1. The van der Waals surface area contributed by atoms with Crippen molar-refractivity contribution < 1.29 is 4.79 Å². The van der Waals surface area contributed by atoms with Crippen LogP contribution in [0.2, 0.25) is 0 Å². The summed E-state index contributed by atoms with van der Waals surface area (Å²) in [4.78, 5) is 18.5. The summed E-state index contributed by atoms with van der Waals surface area (Å²) in [5, 5.41) is 0. The highest BCUT2D eigenvalue weighted by molar-refractivity contribution is 5.91. The van der Waals surface area contributed by atoms with Gasteiger partial charge >= 0.3 is 0 Å². The second kappa shape index (κ2) is 10.1. The van der Waals surface area contributed by atoms with Crippen molar-refractivity contribution in [2.75, 3.05) is 26.2 Å². The van der Waals surface area contributed by atoms with E-state index in [1.54, 1.807) is 0 Å². The van der Waals surface area contributed by atoms with E-state index in [4.69, 9.17) is 5.73 Å². The molecule has 0 bridgehead atoms. The lowest BCUT2D eigenvalue weighted by molar-refractivity contribution is -0.123. The summed E-state index contributed by atoms with van der Waals surface area (Å²) in [5.41, 5.74) is 8.91. The quantitative estimate of drug-likeness (QED) is 0.575. The van der Waals surface area contributed by atoms with Crippen LogP contribution in [0.25, 0.3) is 0 Å². The van der Waals surface area contributed by atoms with Crippen LogP contribution in [0.3, 0.4) is 0 Å². The van der Waals surface area contributed by atoms with Gasteiger partial charge in [-0.3, -0.25) is 14.6 Å². The van der Waals surface area contributed by atoms with Crippen molar-refractivity contribution in [2.24, 2.45) is 11.7 Å². The summed E-state index contributed by atoms with van der Waals surface area (Å²) < 4.78 is 0.